The van der Waals surface area contributed by atoms with Gasteiger partial charge in [-0.15, -0.1) is 0 Å². The second-order valence-electron chi connectivity index (χ2n) is 14.4. The number of ether oxygens (including phenoxy) is 3. The minimum atomic E-state index is -4.55. The van der Waals surface area contributed by atoms with Crippen LogP contribution in [0.4, 0.5) is 13.2 Å². The molecule has 0 radical (unpaired) electrons. The Kier molecular flexibility index (Phi) is 10.4. The van der Waals surface area contributed by atoms with Gasteiger partial charge in [-0.05, 0) is 85.9 Å². The number of nitrogens with zero attached hydrogens (tertiary/aromatic N) is 3. The lowest BCUT2D eigenvalue weighted by Gasteiger charge is -2.48. The fourth-order valence-electron chi connectivity index (χ4n) is 6.05. The Morgan fingerprint density at radius 3 is 2.14 bits per heavy atom. The quantitative estimate of drug-likeness (QED) is 0.156. The van der Waals surface area contributed by atoms with E-state index in [2.05, 4.69) is 50.4 Å². The van der Waals surface area contributed by atoms with Gasteiger partial charge in [0.05, 0.1) is 24.1 Å². The molecule has 0 spiro atoms. The molecule has 242 valence electrons. The van der Waals surface area contributed by atoms with Crippen molar-refractivity contribution in [2.45, 2.75) is 98.1 Å². The van der Waals surface area contributed by atoms with Crippen LogP contribution >= 0.6 is 0 Å². The van der Waals surface area contributed by atoms with Crippen LogP contribution in [0.25, 0.3) is 22.6 Å². The largest absolute Gasteiger partial charge is 0.490 e. The topological polar surface area (TPSA) is 58.4 Å². The summed E-state index contributed by atoms with van der Waals surface area (Å²) in [6.45, 7) is 15.8. The van der Waals surface area contributed by atoms with Crippen molar-refractivity contribution in [2.24, 2.45) is 10.8 Å². The zero-order chi connectivity index (χ0) is 32.3. The minimum absolute atomic E-state index is 0.0817. The average Bonchev–Trinajstić information content (AvgIpc) is 3.28. The van der Waals surface area contributed by atoms with Crippen molar-refractivity contribution in [3.05, 3.63) is 54.0 Å². The van der Waals surface area contributed by atoms with Crippen LogP contribution in [-0.4, -0.2) is 49.0 Å². The standard InChI is InChI=1S/C34H48F3N3O3Si/c1-24-30(34(35,36)37)40(23-42-19-20-44(6,7)8)31(39-24)26-11-14-29(38-21-26)25-9-12-27(13-10-25)43-28-15-17-33(18-16-28,22-41-5)32(2,3)4/h9-14,21,28H,15-20,22-23H2,1-8H3/t28-,33-. The highest BCUT2D eigenvalue weighted by atomic mass is 28.3. The summed E-state index contributed by atoms with van der Waals surface area (Å²) in [5, 5.41) is 0. The first-order valence-corrected chi connectivity index (χ1v) is 19.2. The molecule has 0 amide bonds. The molecule has 0 atom stereocenters. The molecule has 0 N–H and O–H groups in total. The highest BCUT2D eigenvalue weighted by molar-refractivity contribution is 6.76. The summed E-state index contributed by atoms with van der Waals surface area (Å²) in [6, 6.07) is 12.3. The molecule has 1 aliphatic carbocycles. The number of hydrogen-bond acceptors (Lipinski definition) is 5. The van der Waals surface area contributed by atoms with Gasteiger partial charge in [0, 0.05) is 39.1 Å². The third kappa shape index (κ3) is 8.12. The molecule has 1 aliphatic rings. The van der Waals surface area contributed by atoms with E-state index in [4.69, 9.17) is 14.2 Å². The van der Waals surface area contributed by atoms with E-state index >= 15 is 0 Å². The Hall–Kier alpha value is -2.69. The Bertz CT molecular complexity index is 1370. The van der Waals surface area contributed by atoms with Crippen molar-refractivity contribution in [3.63, 3.8) is 0 Å². The monoisotopic (exact) mass is 631 g/mol. The third-order valence-electron chi connectivity index (χ3n) is 9.00. The molecule has 3 aromatic rings. The molecule has 2 aromatic heterocycles. The second kappa shape index (κ2) is 13.3. The molecule has 0 unspecified atom stereocenters. The van der Waals surface area contributed by atoms with Gasteiger partial charge in [0.15, 0.2) is 0 Å². The Balaban J connectivity index is 1.45. The molecular weight excluding hydrogens is 583 g/mol. The molecule has 0 bridgehead atoms. The normalized spacial score (nSPS) is 19.8. The van der Waals surface area contributed by atoms with Gasteiger partial charge in [-0.3, -0.25) is 9.55 Å². The second-order valence-corrected chi connectivity index (χ2v) is 20.0. The summed E-state index contributed by atoms with van der Waals surface area (Å²) in [4.78, 5) is 8.86. The van der Waals surface area contributed by atoms with Gasteiger partial charge in [0.1, 0.15) is 24.0 Å². The maximum absolute atomic E-state index is 14.0. The Morgan fingerprint density at radius 2 is 1.61 bits per heavy atom. The summed E-state index contributed by atoms with van der Waals surface area (Å²) in [6.07, 6.45) is 1.29. The molecule has 10 heteroatoms. The zero-order valence-corrected chi connectivity index (χ0v) is 28.5. The van der Waals surface area contributed by atoms with Gasteiger partial charge in [0.25, 0.3) is 0 Å². The van der Waals surface area contributed by atoms with Gasteiger partial charge in [0.2, 0.25) is 0 Å². The molecule has 4 rings (SSSR count). The fraction of sp³-hybridized carbons (Fsp3) is 0.588. The molecule has 6 nitrogen and oxygen atoms in total. The number of halogens is 3. The number of aromatic nitrogens is 3. The third-order valence-corrected chi connectivity index (χ3v) is 10.7. The Morgan fingerprint density at radius 1 is 0.977 bits per heavy atom. The van der Waals surface area contributed by atoms with Crippen LogP contribution in [0, 0.1) is 17.8 Å². The summed E-state index contributed by atoms with van der Waals surface area (Å²) in [5.41, 5.74) is 1.56. The van der Waals surface area contributed by atoms with Crippen LogP contribution in [0.2, 0.25) is 25.7 Å². The van der Waals surface area contributed by atoms with Gasteiger partial charge >= 0.3 is 6.18 Å². The van der Waals surface area contributed by atoms with E-state index in [0.29, 0.717) is 17.9 Å². The lowest BCUT2D eigenvalue weighted by molar-refractivity contribution is -0.146. The van der Waals surface area contributed by atoms with Crippen molar-refractivity contribution in [2.75, 3.05) is 20.3 Å². The summed E-state index contributed by atoms with van der Waals surface area (Å²) in [5.74, 6) is 1.01. The minimum Gasteiger partial charge on any atom is -0.490 e. The number of aryl methyl sites for hydroxylation is 1. The number of pyridine rings is 1. The first-order valence-electron chi connectivity index (χ1n) is 15.5. The van der Waals surface area contributed by atoms with E-state index in [0.717, 1.165) is 54.2 Å². The smallest absolute Gasteiger partial charge is 0.433 e. The molecule has 1 aromatic carbocycles. The van der Waals surface area contributed by atoms with E-state index in [1.54, 1.807) is 19.4 Å². The lowest BCUT2D eigenvalue weighted by Crippen LogP contribution is -2.44. The van der Waals surface area contributed by atoms with Crippen molar-refractivity contribution in [1.82, 2.24) is 14.5 Å². The maximum atomic E-state index is 14.0. The highest BCUT2D eigenvalue weighted by Gasteiger charge is 2.45. The molecule has 1 saturated carbocycles. The fourth-order valence-corrected chi connectivity index (χ4v) is 6.81. The first kappa shape index (κ1) is 34.2. The zero-order valence-electron chi connectivity index (χ0n) is 27.5. The molecule has 0 aliphatic heterocycles. The van der Waals surface area contributed by atoms with E-state index in [1.807, 2.05) is 30.3 Å². The highest BCUT2D eigenvalue weighted by Crippen LogP contribution is 2.50. The number of alkyl halides is 3. The van der Waals surface area contributed by atoms with Crippen LogP contribution in [0.15, 0.2) is 42.6 Å². The number of benzene rings is 1. The van der Waals surface area contributed by atoms with Crippen molar-refractivity contribution < 1.29 is 27.4 Å². The number of hydrogen-bond donors (Lipinski definition) is 0. The van der Waals surface area contributed by atoms with Gasteiger partial charge in [-0.2, -0.15) is 13.2 Å². The van der Waals surface area contributed by atoms with Crippen LogP contribution < -0.4 is 4.74 Å². The van der Waals surface area contributed by atoms with Gasteiger partial charge in [-0.25, -0.2) is 4.98 Å². The molecule has 0 saturated heterocycles. The predicted molar refractivity (Wildman–Crippen MR) is 171 cm³/mol. The van der Waals surface area contributed by atoms with E-state index in [1.165, 1.54) is 6.92 Å². The summed E-state index contributed by atoms with van der Waals surface area (Å²) < 4.78 is 60.7. The van der Waals surface area contributed by atoms with Crippen molar-refractivity contribution in [3.8, 4) is 28.4 Å². The van der Waals surface area contributed by atoms with Gasteiger partial charge in [-0.1, -0.05) is 40.4 Å². The van der Waals surface area contributed by atoms with Gasteiger partial charge < -0.3 is 14.2 Å². The number of imidazole rings is 1. The van der Waals surface area contributed by atoms with Crippen LogP contribution in [0.3, 0.4) is 0 Å². The summed E-state index contributed by atoms with van der Waals surface area (Å²) in [7, 11) is 0.403. The SMILES string of the molecule is COC[C@]1(C(C)(C)C)CC[C@H](Oc2ccc(-c3ccc(-c4nc(C)c(C(F)(F)F)n4COCC[Si](C)(C)C)cn3)cc2)CC1. The summed E-state index contributed by atoms with van der Waals surface area (Å²) >= 11 is 0. The molecule has 1 fully saturated rings. The molecule has 44 heavy (non-hydrogen) atoms. The van der Waals surface area contributed by atoms with Crippen molar-refractivity contribution in [1.29, 1.82) is 0 Å². The molecule has 2 heterocycles. The van der Waals surface area contributed by atoms with Crippen LogP contribution in [0.1, 0.15) is 57.8 Å². The maximum Gasteiger partial charge on any atom is 0.433 e. The Labute approximate surface area is 261 Å². The number of methoxy groups -OCH3 is 1. The van der Waals surface area contributed by atoms with Crippen LogP contribution in [0.5, 0.6) is 5.75 Å². The lowest BCUT2D eigenvalue weighted by atomic mass is 9.59. The van der Waals surface area contributed by atoms with E-state index in [9.17, 15) is 13.2 Å². The van der Waals surface area contributed by atoms with E-state index in [-0.39, 0.29) is 35.2 Å². The molecular formula is C34H48F3N3O3Si. The first-order chi connectivity index (χ1) is 20.5. The van der Waals surface area contributed by atoms with Crippen LogP contribution in [-0.2, 0) is 22.4 Å². The van der Waals surface area contributed by atoms with E-state index < -0.39 is 19.9 Å². The van der Waals surface area contributed by atoms with Crippen molar-refractivity contribution >= 4 is 8.07 Å². The average molecular weight is 632 g/mol. The predicted octanol–water partition coefficient (Wildman–Crippen LogP) is 9.25. The number of rotatable bonds is 11.